The van der Waals surface area contributed by atoms with Crippen molar-refractivity contribution in [1.29, 1.82) is 0 Å². The SMILES string of the molecule is CCCc1cc2ccc(F)cc2c(=O)n1-c1ccccc1C.Nc1nc(N)c2[nH]cnc2n1. The molecule has 9 heteroatoms. The van der Waals surface area contributed by atoms with E-state index in [1.807, 2.05) is 37.3 Å². The van der Waals surface area contributed by atoms with Gasteiger partial charge in [-0.15, -0.1) is 0 Å². The molecule has 3 heterocycles. The van der Waals surface area contributed by atoms with Gasteiger partial charge in [0.25, 0.3) is 5.56 Å². The number of halogens is 1. The number of benzene rings is 2. The molecule has 0 saturated heterocycles. The summed E-state index contributed by atoms with van der Waals surface area (Å²) in [7, 11) is 0. The fraction of sp³-hybridized carbons (Fsp3) is 0.167. The van der Waals surface area contributed by atoms with E-state index in [-0.39, 0.29) is 17.3 Å². The second-order valence-corrected chi connectivity index (χ2v) is 7.61. The summed E-state index contributed by atoms with van der Waals surface area (Å²) >= 11 is 0. The number of anilines is 2. The number of aromatic amines is 1. The molecule has 5 aromatic rings. The zero-order valence-electron chi connectivity index (χ0n) is 18.3. The van der Waals surface area contributed by atoms with Crippen LogP contribution in [0.25, 0.3) is 27.6 Å². The highest BCUT2D eigenvalue weighted by atomic mass is 19.1. The molecule has 2 aromatic carbocycles. The molecule has 0 saturated carbocycles. The number of fused-ring (bicyclic) bond motifs is 2. The summed E-state index contributed by atoms with van der Waals surface area (Å²) in [6.45, 7) is 4.06. The Morgan fingerprint density at radius 3 is 2.64 bits per heavy atom. The average molecular weight is 446 g/mol. The maximum atomic E-state index is 13.5. The fourth-order valence-electron chi connectivity index (χ4n) is 3.73. The minimum absolute atomic E-state index is 0.141. The summed E-state index contributed by atoms with van der Waals surface area (Å²) in [6, 6.07) is 14.2. The van der Waals surface area contributed by atoms with Crippen molar-refractivity contribution in [2.24, 2.45) is 0 Å². The van der Waals surface area contributed by atoms with Gasteiger partial charge >= 0.3 is 0 Å². The second kappa shape index (κ2) is 9.07. The molecule has 3 aromatic heterocycles. The van der Waals surface area contributed by atoms with Gasteiger partial charge < -0.3 is 16.5 Å². The number of imidazole rings is 1. The monoisotopic (exact) mass is 445 g/mol. The Morgan fingerprint density at radius 1 is 1.09 bits per heavy atom. The summed E-state index contributed by atoms with van der Waals surface area (Å²) in [5, 5.41) is 1.21. The van der Waals surface area contributed by atoms with Gasteiger partial charge in [-0.25, -0.2) is 9.37 Å². The molecule has 5 rings (SSSR count). The molecule has 0 spiro atoms. The molecule has 0 aliphatic heterocycles. The van der Waals surface area contributed by atoms with Crippen LogP contribution in [0.1, 0.15) is 24.6 Å². The summed E-state index contributed by atoms with van der Waals surface area (Å²) < 4.78 is 15.3. The van der Waals surface area contributed by atoms with E-state index >= 15 is 0 Å². The number of hydrogen-bond donors (Lipinski definition) is 3. The molecule has 168 valence electrons. The van der Waals surface area contributed by atoms with Gasteiger partial charge in [0.2, 0.25) is 5.95 Å². The van der Waals surface area contributed by atoms with Gasteiger partial charge in [0.15, 0.2) is 11.5 Å². The zero-order chi connectivity index (χ0) is 23.5. The van der Waals surface area contributed by atoms with E-state index < -0.39 is 0 Å². The van der Waals surface area contributed by atoms with Crippen molar-refractivity contribution < 1.29 is 4.39 Å². The lowest BCUT2D eigenvalue weighted by Crippen LogP contribution is -2.23. The minimum atomic E-state index is -0.385. The van der Waals surface area contributed by atoms with Crippen molar-refractivity contribution >= 4 is 33.7 Å². The first-order valence-electron chi connectivity index (χ1n) is 10.5. The van der Waals surface area contributed by atoms with Crippen molar-refractivity contribution in [2.45, 2.75) is 26.7 Å². The number of aromatic nitrogens is 5. The van der Waals surface area contributed by atoms with Crippen molar-refractivity contribution in [3.05, 3.63) is 82.3 Å². The number of para-hydroxylation sites is 1. The predicted octanol–water partition coefficient (Wildman–Crippen LogP) is 3.91. The van der Waals surface area contributed by atoms with Gasteiger partial charge in [-0.1, -0.05) is 37.6 Å². The van der Waals surface area contributed by atoms with Crippen LogP contribution >= 0.6 is 0 Å². The van der Waals surface area contributed by atoms with Crippen LogP contribution in [-0.2, 0) is 6.42 Å². The Bertz CT molecular complexity index is 1510. The number of aryl methyl sites for hydroxylation is 2. The Labute approximate surface area is 189 Å². The Hall–Kier alpha value is -4.27. The standard InChI is InChI=1S/C19H18FNO.C5H6N6/c1-3-6-16-11-14-9-10-15(20)12-17(14)19(22)21(16)18-8-5-4-7-13(18)2;6-3-2-4(9-1-8-2)11-5(7)10-3/h4-5,7-12H,3,6H2,1-2H3;1H,(H5,6,7,8,9,10,11). The molecule has 0 aliphatic rings. The Balaban J connectivity index is 0.000000196. The van der Waals surface area contributed by atoms with Crippen LogP contribution in [-0.4, -0.2) is 24.5 Å². The van der Waals surface area contributed by atoms with E-state index in [9.17, 15) is 9.18 Å². The first-order chi connectivity index (χ1) is 15.9. The molecule has 0 atom stereocenters. The van der Waals surface area contributed by atoms with E-state index in [0.29, 0.717) is 22.4 Å². The van der Waals surface area contributed by atoms with Crippen molar-refractivity contribution in [3.63, 3.8) is 0 Å². The molecule has 0 amide bonds. The highest BCUT2D eigenvalue weighted by Gasteiger charge is 2.12. The van der Waals surface area contributed by atoms with Crippen molar-refractivity contribution in [1.82, 2.24) is 24.5 Å². The second-order valence-electron chi connectivity index (χ2n) is 7.61. The van der Waals surface area contributed by atoms with Crippen LogP contribution in [0.2, 0.25) is 0 Å². The molecule has 0 bridgehead atoms. The largest absolute Gasteiger partial charge is 0.382 e. The number of pyridine rings is 1. The first kappa shape index (κ1) is 21.9. The topological polar surface area (TPSA) is 128 Å². The quantitative estimate of drug-likeness (QED) is 0.386. The average Bonchev–Trinajstić information content (AvgIpc) is 3.25. The van der Waals surface area contributed by atoms with Crippen LogP contribution in [0.3, 0.4) is 0 Å². The highest BCUT2D eigenvalue weighted by Crippen LogP contribution is 2.20. The molecule has 0 unspecified atom stereocenters. The van der Waals surface area contributed by atoms with Gasteiger partial charge in [-0.05, 0) is 48.6 Å². The van der Waals surface area contributed by atoms with Crippen LogP contribution in [0, 0.1) is 12.7 Å². The normalized spacial score (nSPS) is 10.9. The van der Waals surface area contributed by atoms with Crippen LogP contribution < -0.4 is 17.0 Å². The van der Waals surface area contributed by atoms with Gasteiger partial charge in [0.1, 0.15) is 11.3 Å². The maximum absolute atomic E-state index is 13.5. The smallest absolute Gasteiger partial charge is 0.263 e. The van der Waals surface area contributed by atoms with Gasteiger partial charge in [0, 0.05) is 5.69 Å². The number of hydrogen-bond acceptors (Lipinski definition) is 6. The summed E-state index contributed by atoms with van der Waals surface area (Å²) in [5.41, 5.74) is 14.6. The van der Waals surface area contributed by atoms with Gasteiger partial charge in [0.05, 0.1) is 17.4 Å². The third kappa shape index (κ3) is 4.38. The van der Waals surface area contributed by atoms with E-state index in [0.717, 1.165) is 35.2 Å². The number of nitrogens with one attached hydrogen (secondary N) is 1. The van der Waals surface area contributed by atoms with E-state index in [2.05, 4.69) is 26.9 Å². The van der Waals surface area contributed by atoms with Gasteiger partial charge in [-0.3, -0.25) is 9.36 Å². The summed E-state index contributed by atoms with van der Waals surface area (Å²) in [6.07, 6.45) is 3.24. The summed E-state index contributed by atoms with van der Waals surface area (Å²) in [5.74, 6) is 0.0799. The number of nitrogen functional groups attached to an aromatic ring is 2. The molecule has 8 nitrogen and oxygen atoms in total. The van der Waals surface area contributed by atoms with E-state index in [4.69, 9.17) is 11.5 Å². The van der Waals surface area contributed by atoms with Crippen LogP contribution in [0.15, 0.2) is 59.7 Å². The molecule has 0 aliphatic carbocycles. The fourth-order valence-corrected chi connectivity index (χ4v) is 3.73. The van der Waals surface area contributed by atoms with Crippen LogP contribution in [0.4, 0.5) is 16.2 Å². The lowest BCUT2D eigenvalue weighted by molar-refractivity contribution is 0.629. The minimum Gasteiger partial charge on any atom is -0.382 e. The number of rotatable bonds is 3. The summed E-state index contributed by atoms with van der Waals surface area (Å²) in [4.78, 5) is 27.2. The first-order valence-corrected chi connectivity index (χ1v) is 10.5. The van der Waals surface area contributed by atoms with Crippen molar-refractivity contribution in [2.75, 3.05) is 11.5 Å². The van der Waals surface area contributed by atoms with E-state index in [1.165, 1.54) is 18.5 Å². The highest BCUT2D eigenvalue weighted by molar-refractivity contribution is 5.83. The van der Waals surface area contributed by atoms with E-state index in [1.54, 1.807) is 10.6 Å². The Kier molecular flexibility index (Phi) is 6.03. The predicted molar refractivity (Wildman–Crippen MR) is 129 cm³/mol. The number of nitrogens with zero attached hydrogens (tertiary/aromatic N) is 4. The van der Waals surface area contributed by atoms with Crippen LogP contribution in [0.5, 0.6) is 0 Å². The van der Waals surface area contributed by atoms with Crippen molar-refractivity contribution in [3.8, 4) is 5.69 Å². The molecular weight excluding hydrogens is 421 g/mol. The molecule has 33 heavy (non-hydrogen) atoms. The molecular formula is C24H24FN7O. The van der Waals surface area contributed by atoms with Gasteiger partial charge in [-0.2, -0.15) is 9.97 Å². The lowest BCUT2D eigenvalue weighted by Gasteiger charge is -2.16. The Morgan fingerprint density at radius 2 is 1.88 bits per heavy atom. The lowest BCUT2D eigenvalue weighted by atomic mass is 10.1. The molecule has 5 N–H and O–H groups in total. The third-order valence-electron chi connectivity index (χ3n) is 5.25. The molecule has 0 fully saturated rings. The maximum Gasteiger partial charge on any atom is 0.263 e. The number of H-pyrrole nitrogens is 1. The third-order valence-corrected chi connectivity index (χ3v) is 5.25. The molecule has 0 radical (unpaired) electrons. The zero-order valence-corrected chi connectivity index (χ0v) is 18.3. The number of nitrogens with two attached hydrogens (primary N) is 2.